The molecule has 1 fully saturated rings. The van der Waals surface area contributed by atoms with Crippen LogP contribution >= 0.6 is 11.8 Å². The van der Waals surface area contributed by atoms with Crippen molar-refractivity contribution in [1.29, 1.82) is 0 Å². The van der Waals surface area contributed by atoms with E-state index in [1.54, 1.807) is 4.68 Å². The van der Waals surface area contributed by atoms with Crippen LogP contribution in [0.1, 0.15) is 49.3 Å². The molecule has 0 spiro atoms. The third-order valence-electron chi connectivity index (χ3n) is 5.21. The molecule has 1 amide bonds. The Hall–Kier alpha value is -2.67. The fourth-order valence-electron chi connectivity index (χ4n) is 3.69. The van der Waals surface area contributed by atoms with Crippen molar-refractivity contribution in [2.45, 2.75) is 55.0 Å². The molecule has 0 bridgehead atoms. The highest BCUT2D eigenvalue weighted by atomic mass is 32.2. The molecule has 1 aromatic heterocycles. The summed E-state index contributed by atoms with van der Waals surface area (Å²) in [6, 6.07) is 19.8. The first kappa shape index (κ1) is 19.6. The van der Waals surface area contributed by atoms with Crippen molar-refractivity contribution in [3.05, 3.63) is 66.2 Å². The maximum atomic E-state index is 13.3. The quantitative estimate of drug-likeness (QED) is 0.486. The lowest BCUT2D eigenvalue weighted by Gasteiger charge is -2.21. The number of benzene rings is 2. The SMILES string of the molecule is O=C(NC1CCCCCC1)[C@H](Sc1nnnn1-c1ccccc1)c1ccccc1. The Bertz CT molecular complexity index is 907. The average Bonchev–Trinajstić information content (AvgIpc) is 3.08. The van der Waals surface area contributed by atoms with E-state index in [1.807, 2.05) is 60.7 Å². The number of hydrogen-bond acceptors (Lipinski definition) is 5. The van der Waals surface area contributed by atoms with E-state index in [-0.39, 0.29) is 11.9 Å². The molecule has 150 valence electrons. The first-order valence-corrected chi connectivity index (χ1v) is 11.0. The lowest BCUT2D eigenvalue weighted by Crippen LogP contribution is -2.37. The number of rotatable bonds is 6. The maximum Gasteiger partial charge on any atom is 0.238 e. The lowest BCUT2D eigenvalue weighted by molar-refractivity contribution is -0.121. The van der Waals surface area contributed by atoms with E-state index in [0.29, 0.717) is 5.16 Å². The van der Waals surface area contributed by atoms with Gasteiger partial charge in [-0.1, -0.05) is 86.0 Å². The topological polar surface area (TPSA) is 72.7 Å². The number of nitrogens with zero attached hydrogens (tertiary/aromatic N) is 4. The van der Waals surface area contributed by atoms with Gasteiger partial charge in [0, 0.05) is 6.04 Å². The van der Waals surface area contributed by atoms with Crippen molar-refractivity contribution >= 4 is 17.7 Å². The van der Waals surface area contributed by atoms with E-state index in [4.69, 9.17) is 0 Å². The van der Waals surface area contributed by atoms with Gasteiger partial charge < -0.3 is 5.32 Å². The number of amides is 1. The van der Waals surface area contributed by atoms with E-state index in [1.165, 1.54) is 37.4 Å². The molecule has 0 radical (unpaired) electrons. The van der Waals surface area contributed by atoms with E-state index < -0.39 is 5.25 Å². The Balaban J connectivity index is 1.57. The molecular formula is C22H25N5OS. The van der Waals surface area contributed by atoms with Crippen LogP contribution in [0.5, 0.6) is 0 Å². The third kappa shape index (κ3) is 5.03. The molecule has 1 heterocycles. The summed E-state index contributed by atoms with van der Waals surface area (Å²) in [5, 5.41) is 15.6. The molecule has 1 N–H and O–H groups in total. The highest BCUT2D eigenvalue weighted by molar-refractivity contribution is 8.00. The molecule has 4 rings (SSSR count). The number of tetrazole rings is 1. The molecule has 1 saturated carbocycles. The summed E-state index contributed by atoms with van der Waals surface area (Å²) in [5.74, 6) is 0.0238. The van der Waals surface area contributed by atoms with Gasteiger partial charge >= 0.3 is 0 Å². The zero-order chi connectivity index (χ0) is 19.9. The molecular weight excluding hydrogens is 382 g/mol. The van der Waals surface area contributed by atoms with Crippen LogP contribution in [0.4, 0.5) is 0 Å². The van der Waals surface area contributed by atoms with Gasteiger partial charge in [0.1, 0.15) is 5.25 Å². The van der Waals surface area contributed by atoms with Crippen LogP contribution in [0.25, 0.3) is 5.69 Å². The van der Waals surface area contributed by atoms with Crippen molar-refractivity contribution in [3.63, 3.8) is 0 Å². The van der Waals surface area contributed by atoms with Crippen LogP contribution in [0.2, 0.25) is 0 Å². The van der Waals surface area contributed by atoms with E-state index in [9.17, 15) is 4.79 Å². The van der Waals surface area contributed by atoms with Gasteiger partial charge in [0.05, 0.1) is 5.69 Å². The fourth-order valence-corrected chi connectivity index (χ4v) is 4.69. The second-order valence-corrected chi connectivity index (χ2v) is 8.39. The van der Waals surface area contributed by atoms with Crippen LogP contribution in [-0.2, 0) is 4.79 Å². The van der Waals surface area contributed by atoms with Gasteiger partial charge in [-0.15, -0.1) is 5.10 Å². The Morgan fingerprint density at radius 1 is 0.966 bits per heavy atom. The zero-order valence-electron chi connectivity index (χ0n) is 16.3. The maximum absolute atomic E-state index is 13.3. The Kier molecular flexibility index (Phi) is 6.56. The highest BCUT2D eigenvalue weighted by Gasteiger charge is 2.27. The molecule has 6 nitrogen and oxygen atoms in total. The smallest absolute Gasteiger partial charge is 0.238 e. The van der Waals surface area contributed by atoms with Crippen molar-refractivity contribution < 1.29 is 4.79 Å². The van der Waals surface area contributed by atoms with Crippen molar-refractivity contribution in [2.24, 2.45) is 0 Å². The van der Waals surface area contributed by atoms with Gasteiger partial charge in [-0.2, -0.15) is 4.68 Å². The summed E-state index contributed by atoms with van der Waals surface area (Å²) in [6.07, 6.45) is 6.99. The van der Waals surface area contributed by atoms with Crippen LogP contribution in [-0.4, -0.2) is 32.2 Å². The second-order valence-electron chi connectivity index (χ2n) is 7.31. The largest absolute Gasteiger partial charge is 0.352 e. The molecule has 2 aromatic carbocycles. The van der Waals surface area contributed by atoms with Crippen LogP contribution in [0.15, 0.2) is 65.8 Å². The number of para-hydroxylation sites is 1. The molecule has 0 saturated heterocycles. The van der Waals surface area contributed by atoms with Gasteiger partial charge in [-0.25, -0.2) is 0 Å². The normalized spacial score (nSPS) is 16.1. The summed E-state index contributed by atoms with van der Waals surface area (Å²) >= 11 is 1.39. The first-order chi connectivity index (χ1) is 14.3. The molecule has 3 aromatic rings. The number of thioether (sulfide) groups is 1. The fraction of sp³-hybridized carbons (Fsp3) is 0.364. The molecule has 1 aliphatic rings. The molecule has 0 aliphatic heterocycles. The van der Waals surface area contributed by atoms with Crippen molar-refractivity contribution in [3.8, 4) is 5.69 Å². The highest BCUT2D eigenvalue weighted by Crippen LogP contribution is 2.35. The molecule has 1 atom stereocenters. The number of aromatic nitrogens is 4. The third-order valence-corrected chi connectivity index (χ3v) is 6.39. The van der Waals surface area contributed by atoms with Gasteiger partial charge in [0.25, 0.3) is 0 Å². The van der Waals surface area contributed by atoms with E-state index in [2.05, 4.69) is 20.8 Å². The zero-order valence-corrected chi connectivity index (χ0v) is 17.1. The molecule has 7 heteroatoms. The van der Waals surface area contributed by atoms with Crippen LogP contribution < -0.4 is 5.32 Å². The Morgan fingerprint density at radius 3 is 2.31 bits per heavy atom. The Labute approximate surface area is 175 Å². The first-order valence-electron chi connectivity index (χ1n) is 10.2. The summed E-state index contributed by atoms with van der Waals surface area (Å²) in [7, 11) is 0. The number of carbonyl (C=O) groups excluding carboxylic acids is 1. The van der Waals surface area contributed by atoms with Crippen molar-refractivity contribution in [2.75, 3.05) is 0 Å². The second kappa shape index (κ2) is 9.69. The average molecular weight is 408 g/mol. The van der Waals surface area contributed by atoms with Crippen molar-refractivity contribution in [1.82, 2.24) is 25.5 Å². The summed E-state index contributed by atoms with van der Waals surface area (Å²) < 4.78 is 1.68. The number of nitrogens with one attached hydrogen (secondary N) is 1. The van der Waals surface area contributed by atoms with Gasteiger partial charge in [0.15, 0.2) is 0 Å². The van der Waals surface area contributed by atoms with Gasteiger partial charge in [-0.3, -0.25) is 4.79 Å². The lowest BCUT2D eigenvalue weighted by atomic mass is 10.1. The molecule has 29 heavy (non-hydrogen) atoms. The van der Waals surface area contributed by atoms with Gasteiger partial charge in [0.2, 0.25) is 11.1 Å². The Morgan fingerprint density at radius 2 is 1.62 bits per heavy atom. The minimum absolute atomic E-state index is 0.0238. The predicted molar refractivity (Wildman–Crippen MR) is 114 cm³/mol. The monoisotopic (exact) mass is 407 g/mol. The van der Waals surface area contributed by atoms with E-state index >= 15 is 0 Å². The molecule has 1 aliphatic carbocycles. The summed E-state index contributed by atoms with van der Waals surface area (Å²) in [5.41, 5.74) is 1.82. The minimum atomic E-state index is -0.409. The summed E-state index contributed by atoms with van der Waals surface area (Å²) in [6.45, 7) is 0. The number of hydrogen-bond donors (Lipinski definition) is 1. The summed E-state index contributed by atoms with van der Waals surface area (Å²) in [4.78, 5) is 13.3. The molecule has 0 unspecified atom stereocenters. The van der Waals surface area contributed by atoms with E-state index in [0.717, 1.165) is 24.1 Å². The number of carbonyl (C=O) groups is 1. The standard InChI is InChI=1S/C22H25N5OS/c28-21(23-18-13-7-1-2-8-14-18)20(17-11-5-3-6-12-17)29-22-24-25-26-27(22)19-15-9-4-10-16-19/h3-6,9-12,15-16,18,20H,1-2,7-8,13-14H2,(H,23,28)/t20-/m1/s1. The minimum Gasteiger partial charge on any atom is -0.352 e. The van der Waals surface area contributed by atoms with Gasteiger partial charge in [-0.05, 0) is 41.0 Å². The van der Waals surface area contributed by atoms with Crippen LogP contribution in [0, 0.1) is 0 Å². The van der Waals surface area contributed by atoms with Crippen LogP contribution in [0.3, 0.4) is 0 Å². The predicted octanol–water partition coefficient (Wildman–Crippen LogP) is 4.33.